The van der Waals surface area contributed by atoms with Gasteiger partial charge in [0.15, 0.2) is 0 Å². The Bertz CT molecular complexity index is 2310. The van der Waals surface area contributed by atoms with E-state index in [9.17, 15) is 0 Å². The Kier molecular flexibility index (Phi) is 13.1. The van der Waals surface area contributed by atoms with Crippen LogP contribution in [0.5, 0.6) is 0 Å². The van der Waals surface area contributed by atoms with Crippen LogP contribution in [0, 0.1) is 6.07 Å². The molecule has 58 heavy (non-hydrogen) atoms. The van der Waals surface area contributed by atoms with Gasteiger partial charge in [0.1, 0.15) is 6.33 Å². The van der Waals surface area contributed by atoms with Crippen LogP contribution in [0.2, 0.25) is 0 Å². The predicted molar refractivity (Wildman–Crippen MR) is 241 cm³/mol. The van der Waals surface area contributed by atoms with Crippen LogP contribution in [0.3, 0.4) is 0 Å². The standard InChI is InChI=1S/C34H33N2.C19H28N2.Ir/c1-20(2)28-25-13-9-8-11-22(25)18-27-29(28)34(6,7)30-31(35-19-36-32(27)30)26-14-10-12-21-17-23(33(3,4)5)15-16-24(21)26;1-4-10-16(11-5-1)19(20-17-12-6-2-7-13-17)21-18-14-8-3-9-15-18;/h8-13,15-20H,1-7H3;1,4-5,10-11,17-19H,2-3,6-9,12-15H2;/q-1;-2;+3. The van der Waals surface area contributed by atoms with Gasteiger partial charge >= 0.3 is 20.1 Å². The van der Waals surface area contributed by atoms with Crippen LogP contribution in [0.15, 0.2) is 97.3 Å². The van der Waals surface area contributed by atoms with Crippen molar-refractivity contribution < 1.29 is 20.1 Å². The summed E-state index contributed by atoms with van der Waals surface area (Å²) in [6.07, 6.45) is 15.1. The van der Waals surface area contributed by atoms with Crippen molar-refractivity contribution in [3.63, 3.8) is 0 Å². The zero-order chi connectivity index (χ0) is 39.7. The molecule has 0 bridgehead atoms. The van der Waals surface area contributed by atoms with Crippen molar-refractivity contribution in [2.24, 2.45) is 0 Å². The Hall–Kier alpha value is -3.73. The number of rotatable bonds is 7. The molecule has 3 aliphatic rings. The van der Waals surface area contributed by atoms with Gasteiger partial charge in [-0.05, 0) is 56.1 Å². The summed E-state index contributed by atoms with van der Waals surface area (Å²) >= 11 is 0. The fraction of sp³-hybridized carbons (Fsp3) is 0.434. The molecule has 5 heteroatoms. The quantitative estimate of drug-likeness (QED) is 0.150. The maximum atomic E-state index is 5.13. The van der Waals surface area contributed by atoms with Crippen LogP contribution in [-0.4, -0.2) is 22.1 Å². The monoisotopic (exact) mass is 946 g/mol. The third kappa shape index (κ3) is 8.62. The van der Waals surface area contributed by atoms with Gasteiger partial charge in [0, 0.05) is 11.0 Å². The van der Waals surface area contributed by atoms with Gasteiger partial charge in [-0.1, -0.05) is 196 Å². The second kappa shape index (κ2) is 17.9. The molecule has 0 unspecified atom stereocenters. The van der Waals surface area contributed by atoms with E-state index in [1.165, 1.54) is 119 Å². The molecule has 2 fully saturated rings. The van der Waals surface area contributed by atoms with Gasteiger partial charge in [-0.3, -0.25) is 4.98 Å². The Morgan fingerprint density at radius 2 is 1.28 bits per heavy atom. The minimum absolute atomic E-state index is 0. The van der Waals surface area contributed by atoms with Crippen molar-refractivity contribution in [3.05, 3.63) is 142 Å². The average Bonchev–Trinajstić information content (AvgIpc) is 3.45. The summed E-state index contributed by atoms with van der Waals surface area (Å²) < 4.78 is 0. The summed E-state index contributed by atoms with van der Waals surface area (Å²) in [4.78, 5) is 9.81. The Morgan fingerprint density at radius 1 is 0.672 bits per heavy atom. The van der Waals surface area contributed by atoms with Crippen molar-refractivity contribution >= 4 is 21.5 Å². The van der Waals surface area contributed by atoms with Gasteiger partial charge in [0.2, 0.25) is 0 Å². The maximum absolute atomic E-state index is 5.13. The van der Waals surface area contributed by atoms with Crippen LogP contribution in [0.4, 0.5) is 0 Å². The van der Waals surface area contributed by atoms with Gasteiger partial charge in [-0.25, -0.2) is 11.1 Å². The number of fused-ring (bicyclic) bond motifs is 5. The Labute approximate surface area is 361 Å². The summed E-state index contributed by atoms with van der Waals surface area (Å²) in [7, 11) is 0. The minimum Gasteiger partial charge on any atom is -0.671 e. The summed E-state index contributed by atoms with van der Waals surface area (Å²) in [5, 5.41) is 15.3. The molecule has 302 valence electrons. The summed E-state index contributed by atoms with van der Waals surface area (Å²) in [5.74, 6) is 0.398. The molecule has 1 aromatic heterocycles. The fourth-order valence-corrected chi connectivity index (χ4v) is 9.91. The van der Waals surface area contributed by atoms with Crippen LogP contribution in [0.1, 0.15) is 153 Å². The van der Waals surface area contributed by atoms with Crippen molar-refractivity contribution in [1.82, 2.24) is 9.97 Å². The second-order valence-corrected chi connectivity index (χ2v) is 18.7. The Balaban J connectivity index is 0.000000199. The first-order chi connectivity index (χ1) is 27.5. The van der Waals surface area contributed by atoms with Gasteiger partial charge in [0.25, 0.3) is 0 Å². The normalized spacial score (nSPS) is 16.8. The number of hydrogen-bond acceptors (Lipinski definition) is 2. The number of hydrogen-bond donors (Lipinski definition) is 0. The Morgan fingerprint density at radius 3 is 1.91 bits per heavy atom. The molecule has 0 N–H and O–H groups in total. The first-order valence-electron chi connectivity index (χ1n) is 21.8. The summed E-state index contributed by atoms with van der Waals surface area (Å²) in [5.41, 5.74) is 10.9. The molecule has 0 saturated heterocycles. The summed E-state index contributed by atoms with van der Waals surface area (Å²) in [6.45, 7) is 16.1. The van der Waals surface area contributed by atoms with Gasteiger partial charge in [0.05, 0.1) is 5.69 Å². The molecule has 0 amide bonds. The van der Waals surface area contributed by atoms with E-state index in [0.717, 1.165) is 17.0 Å². The number of nitrogens with zero attached hydrogens (tertiary/aromatic N) is 4. The van der Waals surface area contributed by atoms with Crippen LogP contribution >= 0.6 is 0 Å². The number of benzene rings is 5. The van der Waals surface area contributed by atoms with Crippen molar-refractivity contribution in [2.75, 3.05) is 0 Å². The molecule has 3 aliphatic carbocycles. The molecule has 0 atom stereocenters. The van der Waals surface area contributed by atoms with E-state index < -0.39 is 0 Å². The van der Waals surface area contributed by atoms with Crippen LogP contribution in [0.25, 0.3) is 54.7 Å². The molecule has 0 radical (unpaired) electrons. The van der Waals surface area contributed by atoms with Crippen LogP contribution < -0.4 is 0 Å². The minimum atomic E-state index is -0.230. The third-order valence-electron chi connectivity index (χ3n) is 12.9. The molecule has 4 nitrogen and oxygen atoms in total. The maximum Gasteiger partial charge on any atom is 3.00 e. The summed E-state index contributed by atoms with van der Waals surface area (Å²) in [6, 6.07) is 37.5. The molecular formula is C53H61IrN4. The number of aromatic nitrogens is 2. The molecule has 1 heterocycles. The topological polar surface area (TPSA) is 54.0 Å². The van der Waals surface area contributed by atoms with E-state index >= 15 is 0 Å². The molecule has 5 aromatic carbocycles. The van der Waals surface area contributed by atoms with Crippen molar-refractivity contribution in [3.8, 4) is 22.5 Å². The first kappa shape index (κ1) is 42.4. The van der Waals surface area contributed by atoms with Crippen molar-refractivity contribution in [2.45, 2.75) is 148 Å². The SMILES string of the molecule is CC(C)c1c2c(cc3ccccc13)-c1ncnc(-c3[c-]ccc4cc(C(C)(C)C)ccc34)c1C2(C)C.[Ir+3].c1ccc(C([N-]C2CCCCC2)[N-]C2CCCCC2)cc1. The largest absolute Gasteiger partial charge is 3.00 e. The van der Waals surface area contributed by atoms with Gasteiger partial charge in [-0.2, -0.15) is 0 Å². The smallest absolute Gasteiger partial charge is 0.671 e. The average molecular weight is 946 g/mol. The molecule has 2 saturated carbocycles. The van der Waals surface area contributed by atoms with E-state index in [4.69, 9.17) is 20.6 Å². The zero-order valence-electron chi connectivity index (χ0n) is 35.7. The van der Waals surface area contributed by atoms with Crippen molar-refractivity contribution in [1.29, 1.82) is 0 Å². The van der Waals surface area contributed by atoms with E-state index in [2.05, 4.69) is 139 Å². The predicted octanol–water partition coefficient (Wildman–Crippen LogP) is 15.1. The third-order valence-corrected chi connectivity index (χ3v) is 12.9. The molecular weight excluding hydrogens is 885 g/mol. The molecule has 9 rings (SSSR count). The second-order valence-electron chi connectivity index (χ2n) is 18.7. The van der Waals surface area contributed by atoms with E-state index in [1.54, 1.807) is 6.33 Å². The van der Waals surface area contributed by atoms with E-state index in [-0.39, 0.29) is 37.1 Å². The fourth-order valence-electron chi connectivity index (χ4n) is 9.91. The van der Waals surface area contributed by atoms with E-state index in [0.29, 0.717) is 18.0 Å². The van der Waals surface area contributed by atoms with E-state index in [1.807, 2.05) is 6.07 Å². The molecule has 6 aromatic rings. The molecule has 0 spiro atoms. The molecule has 0 aliphatic heterocycles. The first-order valence-corrected chi connectivity index (χ1v) is 21.8. The van der Waals surface area contributed by atoms with Crippen LogP contribution in [-0.2, 0) is 30.9 Å². The van der Waals surface area contributed by atoms with Gasteiger partial charge < -0.3 is 10.6 Å². The zero-order valence-corrected chi connectivity index (χ0v) is 38.1. The van der Waals surface area contributed by atoms with Gasteiger partial charge in [-0.15, -0.1) is 41.2 Å².